The van der Waals surface area contributed by atoms with Gasteiger partial charge in [0.1, 0.15) is 11.4 Å². The summed E-state index contributed by atoms with van der Waals surface area (Å²) in [7, 11) is 0. The number of benzene rings is 2. The lowest BCUT2D eigenvalue weighted by Gasteiger charge is -2.11. The Morgan fingerprint density at radius 1 is 1.10 bits per heavy atom. The van der Waals surface area contributed by atoms with Gasteiger partial charge in [0, 0.05) is 11.8 Å². The van der Waals surface area contributed by atoms with Crippen LogP contribution in [-0.2, 0) is 16.1 Å². The number of esters is 1. The quantitative estimate of drug-likeness (QED) is 0.328. The summed E-state index contributed by atoms with van der Waals surface area (Å²) in [4.78, 5) is 35.1. The number of hydrogen-bond acceptors (Lipinski definition) is 7. The van der Waals surface area contributed by atoms with Gasteiger partial charge in [-0.15, -0.1) is 0 Å². The molecule has 30 heavy (non-hydrogen) atoms. The van der Waals surface area contributed by atoms with E-state index in [4.69, 9.17) is 9.15 Å². The molecular weight excluding hydrogens is 390 g/mol. The fourth-order valence-corrected chi connectivity index (χ4v) is 2.70. The van der Waals surface area contributed by atoms with Crippen LogP contribution < -0.4 is 10.6 Å². The molecule has 3 aromatic rings. The molecule has 0 aliphatic carbocycles. The van der Waals surface area contributed by atoms with Crippen molar-refractivity contribution >= 4 is 28.9 Å². The third kappa shape index (κ3) is 5.22. The van der Waals surface area contributed by atoms with Crippen molar-refractivity contribution in [2.75, 3.05) is 17.2 Å². The molecule has 1 heterocycles. The van der Waals surface area contributed by atoms with E-state index in [9.17, 15) is 19.7 Å². The van der Waals surface area contributed by atoms with E-state index >= 15 is 0 Å². The molecule has 0 atom stereocenters. The topological polar surface area (TPSA) is 124 Å². The third-order valence-electron chi connectivity index (χ3n) is 4.14. The first-order chi connectivity index (χ1) is 14.4. The number of amides is 1. The van der Waals surface area contributed by atoms with Crippen LogP contribution in [0.25, 0.3) is 0 Å². The maximum absolute atomic E-state index is 12.4. The zero-order chi connectivity index (χ0) is 21.5. The standard InChI is InChI=1S/C21H19N3O6/c1-14-8-9-18(19(11-14)24(27)28)23-20(25)13-30-21(26)16-6-2-3-7-17(16)22-12-15-5-4-10-29-15/h2-11,22H,12-13H2,1H3,(H,23,25). The maximum Gasteiger partial charge on any atom is 0.340 e. The van der Waals surface area contributed by atoms with Gasteiger partial charge in [-0.1, -0.05) is 18.2 Å². The fourth-order valence-electron chi connectivity index (χ4n) is 2.70. The van der Waals surface area contributed by atoms with Crippen LogP contribution in [0, 0.1) is 17.0 Å². The Morgan fingerprint density at radius 3 is 2.63 bits per heavy atom. The molecule has 3 rings (SSSR count). The molecule has 9 nitrogen and oxygen atoms in total. The van der Waals surface area contributed by atoms with E-state index in [1.54, 1.807) is 55.7 Å². The number of nitrogens with zero attached hydrogens (tertiary/aromatic N) is 1. The van der Waals surface area contributed by atoms with Crippen LogP contribution in [0.2, 0.25) is 0 Å². The van der Waals surface area contributed by atoms with Crippen LogP contribution in [0.15, 0.2) is 65.3 Å². The minimum absolute atomic E-state index is 0.0344. The molecule has 0 aliphatic heterocycles. The Hall–Kier alpha value is -4.14. The molecule has 2 N–H and O–H groups in total. The van der Waals surface area contributed by atoms with Crippen molar-refractivity contribution in [1.82, 2.24) is 0 Å². The molecule has 1 amide bonds. The number of hydrogen-bond donors (Lipinski definition) is 2. The van der Waals surface area contributed by atoms with Crippen LogP contribution >= 0.6 is 0 Å². The van der Waals surface area contributed by atoms with E-state index in [1.807, 2.05) is 0 Å². The summed E-state index contributed by atoms with van der Waals surface area (Å²) < 4.78 is 10.3. The normalized spacial score (nSPS) is 10.3. The molecule has 2 aromatic carbocycles. The predicted molar refractivity (Wildman–Crippen MR) is 109 cm³/mol. The Morgan fingerprint density at radius 2 is 1.90 bits per heavy atom. The average Bonchev–Trinajstić information content (AvgIpc) is 3.25. The molecule has 0 radical (unpaired) electrons. The van der Waals surface area contributed by atoms with Gasteiger partial charge in [0.15, 0.2) is 6.61 Å². The van der Waals surface area contributed by atoms with E-state index in [0.29, 0.717) is 23.6 Å². The number of furan rings is 1. The molecular formula is C21H19N3O6. The van der Waals surface area contributed by atoms with Crippen molar-refractivity contribution < 1.29 is 23.7 Å². The number of anilines is 2. The molecule has 0 saturated carbocycles. The lowest BCUT2D eigenvalue weighted by molar-refractivity contribution is -0.384. The van der Waals surface area contributed by atoms with Gasteiger partial charge in [-0.3, -0.25) is 14.9 Å². The highest BCUT2D eigenvalue weighted by Crippen LogP contribution is 2.25. The van der Waals surface area contributed by atoms with Gasteiger partial charge < -0.3 is 19.8 Å². The second-order valence-electron chi connectivity index (χ2n) is 6.38. The largest absolute Gasteiger partial charge is 0.467 e. The predicted octanol–water partition coefficient (Wildman–Crippen LogP) is 3.90. The van der Waals surface area contributed by atoms with Crippen molar-refractivity contribution in [3.8, 4) is 0 Å². The zero-order valence-corrected chi connectivity index (χ0v) is 16.1. The van der Waals surface area contributed by atoms with Gasteiger partial charge in [-0.2, -0.15) is 0 Å². The Bertz CT molecular complexity index is 1060. The smallest absolute Gasteiger partial charge is 0.340 e. The van der Waals surface area contributed by atoms with E-state index in [2.05, 4.69) is 10.6 Å². The van der Waals surface area contributed by atoms with Crippen molar-refractivity contribution in [2.45, 2.75) is 13.5 Å². The van der Waals surface area contributed by atoms with Crippen LogP contribution in [0.5, 0.6) is 0 Å². The van der Waals surface area contributed by atoms with Gasteiger partial charge in [-0.25, -0.2) is 4.79 Å². The molecule has 0 spiro atoms. The third-order valence-corrected chi connectivity index (χ3v) is 4.14. The van der Waals surface area contributed by atoms with Crippen LogP contribution in [0.4, 0.5) is 17.1 Å². The summed E-state index contributed by atoms with van der Waals surface area (Å²) in [5.41, 5.74) is 1.26. The highest BCUT2D eigenvalue weighted by molar-refractivity contribution is 5.99. The molecule has 0 aliphatic rings. The van der Waals surface area contributed by atoms with E-state index in [0.717, 1.165) is 0 Å². The van der Waals surface area contributed by atoms with Crippen molar-refractivity contribution in [3.05, 3.63) is 87.9 Å². The number of rotatable bonds is 8. The monoisotopic (exact) mass is 409 g/mol. The van der Waals surface area contributed by atoms with Crippen molar-refractivity contribution in [3.63, 3.8) is 0 Å². The van der Waals surface area contributed by atoms with Crippen molar-refractivity contribution in [2.24, 2.45) is 0 Å². The number of aryl methyl sites for hydroxylation is 1. The van der Waals surface area contributed by atoms with E-state index < -0.39 is 23.4 Å². The van der Waals surface area contributed by atoms with E-state index in [1.165, 1.54) is 12.1 Å². The molecule has 0 unspecified atom stereocenters. The number of ether oxygens (including phenoxy) is 1. The molecule has 9 heteroatoms. The first-order valence-corrected chi connectivity index (χ1v) is 9.01. The maximum atomic E-state index is 12.4. The highest BCUT2D eigenvalue weighted by atomic mass is 16.6. The van der Waals surface area contributed by atoms with Gasteiger partial charge >= 0.3 is 5.97 Å². The number of carbonyl (C=O) groups is 2. The van der Waals surface area contributed by atoms with Crippen molar-refractivity contribution in [1.29, 1.82) is 0 Å². The average molecular weight is 409 g/mol. The minimum Gasteiger partial charge on any atom is -0.467 e. The summed E-state index contributed by atoms with van der Waals surface area (Å²) >= 11 is 0. The molecule has 0 bridgehead atoms. The highest BCUT2D eigenvalue weighted by Gasteiger charge is 2.18. The number of carbonyl (C=O) groups excluding carboxylic acids is 2. The Balaban J connectivity index is 1.61. The molecule has 0 saturated heterocycles. The summed E-state index contributed by atoms with van der Waals surface area (Å²) in [6.07, 6.45) is 1.55. The fraction of sp³-hybridized carbons (Fsp3) is 0.143. The van der Waals surface area contributed by atoms with Gasteiger partial charge in [0.05, 0.1) is 23.3 Å². The lowest BCUT2D eigenvalue weighted by Crippen LogP contribution is -2.22. The Labute approximate surface area is 171 Å². The molecule has 1 aromatic heterocycles. The zero-order valence-electron chi connectivity index (χ0n) is 16.1. The molecule has 154 valence electrons. The summed E-state index contributed by atoms with van der Waals surface area (Å²) in [6, 6.07) is 14.7. The van der Waals surface area contributed by atoms with Crippen LogP contribution in [0.1, 0.15) is 21.7 Å². The van der Waals surface area contributed by atoms with Gasteiger partial charge in [0.25, 0.3) is 11.6 Å². The van der Waals surface area contributed by atoms with Crippen LogP contribution in [-0.4, -0.2) is 23.4 Å². The molecule has 0 fully saturated rings. The van der Waals surface area contributed by atoms with Crippen LogP contribution in [0.3, 0.4) is 0 Å². The lowest BCUT2D eigenvalue weighted by atomic mass is 10.2. The minimum atomic E-state index is -0.703. The number of nitro groups is 1. The summed E-state index contributed by atoms with van der Waals surface area (Å²) in [5, 5.41) is 16.6. The Kier molecular flexibility index (Phi) is 6.43. The van der Waals surface area contributed by atoms with Gasteiger partial charge in [0.2, 0.25) is 0 Å². The number of nitrogens with one attached hydrogen (secondary N) is 2. The summed E-state index contributed by atoms with van der Waals surface area (Å²) in [5.74, 6) is -0.695. The summed E-state index contributed by atoms with van der Waals surface area (Å²) in [6.45, 7) is 1.49. The SMILES string of the molecule is Cc1ccc(NC(=O)COC(=O)c2ccccc2NCc2ccco2)c([N+](=O)[O-])c1. The van der Waals surface area contributed by atoms with E-state index in [-0.39, 0.29) is 16.9 Å². The van der Waals surface area contributed by atoms with Gasteiger partial charge in [-0.05, 0) is 42.8 Å². The first-order valence-electron chi connectivity index (χ1n) is 9.01. The number of para-hydroxylation sites is 1. The second kappa shape index (κ2) is 9.37. The second-order valence-corrected chi connectivity index (χ2v) is 6.38. The number of nitro benzene ring substituents is 1. The first kappa shape index (κ1) is 20.6.